The molecule has 0 radical (unpaired) electrons. The highest BCUT2D eigenvalue weighted by Gasteiger charge is 2.69. The average molecular weight is 298 g/mol. The fraction of sp³-hybridized carbons (Fsp3) is 1.00. The van der Waals surface area contributed by atoms with E-state index >= 15 is 0 Å². The lowest BCUT2D eigenvalue weighted by molar-refractivity contribution is -0.577. The van der Waals surface area contributed by atoms with Crippen molar-refractivity contribution in [3.8, 4) is 0 Å². The molecule has 21 heavy (non-hydrogen) atoms. The van der Waals surface area contributed by atoms with Crippen LogP contribution in [0.3, 0.4) is 0 Å². The molecule has 5 aliphatic rings. The predicted octanol–water partition coefficient (Wildman–Crippen LogP) is 2.84. The first-order valence-corrected chi connectivity index (χ1v) is 8.23. The molecule has 4 heterocycles. The molecular formula is C16H26O5. The van der Waals surface area contributed by atoms with Crippen LogP contribution in [-0.2, 0) is 24.0 Å². The maximum Gasteiger partial charge on any atom is 0.201 e. The van der Waals surface area contributed by atoms with Gasteiger partial charge in [0.1, 0.15) is 0 Å². The molecule has 1 saturated carbocycles. The van der Waals surface area contributed by atoms with Gasteiger partial charge in [-0.1, -0.05) is 13.8 Å². The van der Waals surface area contributed by atoms with Crippen LogP contribution in [0.15, 0.2) is 0 Å². The molecule has 120 valence electrons. The standard InChI is InChI=1S/C16H26O5/c1-9-5-6-12-10(2)13(17-4)18-14-16(12)11(9)7-8-15(3,19-14)20-21-16/h9-14H,5-8H2,1-4H3/t9?,10-,11?,12?,13+,14?,15+,16-/m1/s1. The SMILES string of the molecule is CO[C@H]1OC2O[C@]3(C)CCC4C(C)CCC([C@H]1C)[C@@]24OO3. The van der Waals surface area contributed by atoms with Crippen LogP contribution in [-0.4, -0.2) is 31.1 Å². The molecule has 0 amide bonds. The number of methoxy groups -OCH3 is 1. The van der Waals surface area contributed by atoms with Crippen LogP contribution in [0.5, 0.6) is 0 Å². The largest absolute Gasteiger partial charge is 0.355 e. The summed E-state index contributed by atoms with van der Waals surface area (Å²) in [6.07, 6.45) is 3.64. The molecule has 5 rings (SSSR count). The minimum absolute atomic E-state index is 0.230. The van der Waals surface area contributed by atoms with E-state index in [1.165, 1.54) is 6.42 Å². The van der Waals surface area contributed by atoms with E-state index in [0.717, 1.165) is 19.3 Å². The summed E-state index contributed by atoms with van der Waals surface area (Å²) in [5.74, 6) is 0.953. The van der Waals surface area contributed by atoms with Crippen molar-refractivity contribution < 1.29 is 24.0 Å². The monoisotopic (exact) mass is 298 g/mol. The lowest BCUT2D eigenvalue weighted by atomic mass is 9.58. The fourth-order valence-corrected chi connectivity index (χ4v) is 5.14. The maximum atomic E-state index is 6.21. The quantitative estimate of drug-likeness (QED) is 0.697. The van der Waals surface area contributed by atoms with Gasteiger partial charge in [0.05, 0.1) is 0 Å². The molecule has 4 aliphatic heterocycles. The van der Waals surface area contributed by atoms with Crippen LogP contribution in [0, 0.1) is 23.7 Å². The van der Waals surface area contributed by atoms with Gasteiger partial charge in [0, 0.05) is 25.4 Å². The average Bonchev–Trinajstić information content (AvgIpc) is 2.69. The summed E-state index contributed by atoms with van der Waals surface area (Å²) < 4.78 is 17.9. The first kappa shape index (κ1) is 14.4. The molecule has 0 aromatic carbocycles. The third kappa shape index (κ3) is 1.81. The van der Waals surface area contributed by atoms with Crippen LogP contribution < -0.4 is 0 Å². The van der Waals surface area contributed by atoms with Crippen LogP contribution in [0.1, 0.15) is 46.5 Å². The smallest absolute Gasteiger partial charge is 0.201 e. The summed E-state index contributed by atoms with van der Waals surface area (Å²) in [5.41, 5.74) is -0.470. The third-order valence-corrected chi connectivity index (χ3v) is 6.33. The van der Waals surface area contributed by atoms with Crippen molar-refractivity contribution in [2.45, 2.75) is 70.4 Å². The zero-order valence-electron chi connectivity index (χ0n) is 13.3. The van der Waals surface area contributed by atoms with E-state index in [-0.39, 0.29) is 12.2 Å². The number of ether oxygens (including phenoxy) is 3. The van der Waals surface area contributed by atoms with Gasteiger partial charge in [-0.25, -0.2) is 9.78 Å². The molecule has 5 fully saturated rings. The highest BCUT2D eigenvalue weighted by atomic mass is 17.3. The molecule has 0 aromatic heterocycles. The Hall–Kier alpha value is -0.200. The van der Waals surface area contributed by atoms with Crippen molar-refractivity contribution in [2.75, 3.05) is 7.11 Å². The van der Waals surface area contributed by atoms with Crippen molar-refractivity contribution >= 4 is 0 Å². The molecular weight excluding hydrogens is 272 g/mol. The summed E-state index contributed by atoms with van der Waals surface area (Å²) in [6.45, 7) is 6.46. The van der Waals surface area contributed by atoms with Gasteiger partial charge in [-0.05, 0) is 38.0 Å². The summed E-state index contributed by atoms with van der Waals surface area (Å²) in [7, 11) is 1.70. The molecule has 5 heteroatoms. The van der Waals surface area contributed by atoms with E-state index in [4.69, 9.17) is 24.0 Å². The summed E-state index contributed by atoms with van der Waals surface area (Å²) in [4.78, 5) is 11.8. The molecule has 0 N–H and O–H groups in total. The Balaban J connectivity index is 1.79. The van der Waals surface area contributed by atoms with Crippen molar-refractivity contribution in [2.24, 2.45) is 23.7 Å². The summed E-state index contributed by atoms with van der Waals surface area (Å²) >= 11 is 0. The van der Waals surface area contributed by atoms with Gasteiger partial charge in [-0.2, -0.15) is 0 Å². The van der Waals surface area contributed by atoms with Crippen molar-refractivity contribution in [3.63, 3.8) is 0 Å². The molecule has 0 aromatic rings. The van der Waals surface area contributed by atoms with Gasteiger partial charge in [0.15, 0.2) is 18.2 Å². The second-order valence-electron chi connectivity index (χ2n) is 7.51. The third-order valence-electron chi connectivity index (χ3n) is 6.33. The van der Waals surface area contributed by atoms with Gasteiger partial charge in [-0.3, -0.25) is 0 Å². The van der Waals surface area contributed by atoms with Gasteiger partial charge < -0.3 is 14.2 Å². The zero-order chi connectivity index (χ0) is 14.8. The molecule has 8 atom stereocenters. The fourth-order valence-electron chi connectivity index (χ4n) is 5.14. The highest BCUT2D eigenvalue weighted by molar-refractivity contribution is 5.08. The molecule has 5 nitrogen and oxygen atoms in total. The molecule has 1 aliphatic carbocycles. The van der Waals surface area contributed by atoms with Crippen LogP contribution in [0.25, 0.3) is 0 Å². The van der Waals surface area contributed by atoms with Gasteiger partial charge in [0.2, 0.25) is 5.79 Å². The number of fused-ring (bicyclic) bond motifs is 2. The lowest BCUT2D eigenvalue weighted by Crippen LogP contribution is -2.70. The van der Waals surface area contributed by atoms with Gasteiger partial charge in [0.25, 0.3) is 0 Å². The van der Waals surface area contributed by atoms with E-state index in [2.05, 4.69) is 13.8 Å². The molecule has 4 saturated heterocycles. The van der Waals surface area contributed by atoms with Crippen molar-refractivity contribution in [1.29, 1.82) is 0 Å². The van der Waals surface area contributed by atoms with Crippen molar-refractivity contribution in [1.82, 2.24) is 0 Å². The van der Waals surface area contributed by atoms with E-state index in [0.29, 0.717) is 17.8 Å². The van der Waals surface area contributed by atoms with E-state index in [1.807, 2.05) is 6.92 Å². The summed E-state index contributed by atoms with van der Waals surface area (Å²) in [6, 6.07) is 0. The predicted molar refractivity (Wildman–Crippen MR) is 73.8 cm³/mol. The Morgan fingerprint density at radius 2 is 1.86 bits per heavy atom. The maximum absolute atomic E-state index is 6.21. The Morgan fingerprint density at radius 1 is 1.05 bits per heavy atom. The lowest BCUT2D eigenvalue weighted by Gasteiger charge is -2.60. The van der Waals surface area contributed by atoms with Crippen LogP contribution in [0.2, 0.25) is 0 Å². The van der Waals surface area contributed by atoms with Gasteiger partial charge in [-0.15, -0.1) is 0 Å². The zero-order valence-corrected chi connectivity index (χ0v) is 13.3. The van der Waals surface area contributed by atoms with Crippen LogP contribution >= 0.6 is 0 Å². The van der Waals surface area contributed by atoms with E-state index in [9.17, 15) is 0 Å². The first-order chi connectivity index (χ1) is 10.00. The minimum atomic E-state index is -0.698. The number of hydrogen-bond donors (Lipinski definition) is 0. The Kier molecular flexibility index (Phi) is 3.19. The Bertz CT molecular complexity index is 429. The van der Waals surface area contributed by atoms with Crippen molar-refractivity contribution in [3.05, 3.63) is 0 Å². The first-order valence-electron chi connectivity index (χ1n) is 8.23. The molecule has 4 unspecified atom stereocenters. The molecule has 1 spiro atoms. The van der Waals surface area contributed by atoms with E-state index in [1.54, 1.807) is 7.11 Å². The van der Waals surface area contributed by atoms with E-state index < -0.39 is 17.7 Å². The number of hydrogen-bond acceptors (Lipinski definition) is 5. The molecule has 2 bridgehead atoms. The normalized spacial score (nSPS) is 59.4. The Morgan fingerprint density at radius 3 is 2.62 bits per heavy atom. The number of rotatable bonds is 1. The Labute approximate surface area is 126 Å². The van der Waals surface area contributed by atoms with Crippen LogP contribution in [0.4, 0.5) is 0 Å². The summed E-state index contributed by atoms with van der Waals surface area (Å²) in [5, 5.41) is 0. The second kappa shape index (κ2) is 4.65. The van der Waals surface area contributed by atoms with Gasteiger partial charge >= 0.3 is 0 Å². The topological polar surface area (TPSA) is 46.2 Å². The highest BCUT2D eigenvalue weighted by Crippen LogP contribution is 2.60. The minimum Gasteiger partial charge on any atom is -0.355 e. The second-order valence-corrected chi connectivity index (χ2v) is 7.51.